The van der Waals surface area contributed by atoms with E-state index in [9.17, 15) is 19.5 Å². The number of carbonyl (C=O) groups is 3. The predicted octanol–water partition coefficient (Wildman–Crippen LogP) is 0.840. The molecule has 3 rings (SSSR count). The van der Waals surface area contributed by atoms with Gasteiger partial charge in [0.1, 0.15) is 17.8 Å². The van der Waals surface area contributed by atoms with Crippen molar-refractivity contribution in [3.05, 3.63) is 47.3 Å². The highest BCUT2D eigenvalue weighted by Gasteiger charge is 2.29. The minimum absolute atomic E-state index is 0.123. The standard InChI is InChI=1S/C21H26N4O5/c1-12(23-20(27)14-5-8-17-15(10-14)11-22-25-17)19(26)24-18(21(28)29)9-13-3-6-16(30-2)7-4-13/h3-4,6-7,11-12,14,18H,5,8-10H2,1-2H3,(H,22,25)(H,23,27)(H,24,26)(H,28,29). The second-order valence-electron chi connectivity index (χ2n) is 7.50. The molecule has 0 bridgehead atoms. The Hall–Kier alpha value is -3.36. The van der Waals surface area contributed by atoms with Crippen LogP contribution < -0.4 is 15.4 Å². The summed E-state index contributed by atoms with van der Waals surface area (Å²) in [6.45, 7) is 1.55. The molecule has 2 amide bonds. The molecule has 4 N–H and O–H groups in total. The van der Waals surface area contributed by atoms with Gasteiger partial charge in [0.15, 0.2) is 0 Å². The average molecular weight is 414 g/mol. The van der Waals surface area contributed by atoms with Crippen LogP contribution in [0.3, 0.4) is 0 Å². The van der Waals surface area contributed by atoms with Gasteiger partial charge in [-0.2, -0.15) is 5.10 Å². The number of carboxylic acid groups (broad SMARTS) is 1. The van der Waals surface area contributed by atoms with Crippen LogP contribution in [0.25, 0.3) is 0 Å². The van der Waals surface area contributed by atoms with Crippen LogP contribution in [0.2, 0.25) is 0 Å². The molecular formula is C21H26N4O5. The largest absolute Gasteiger partial charge is 0.497 e. The van der Waals surface area contributed by atoms with E-state index in [1.807, 2.05) is 0 Å². The highest BCUT2D eigenvalue weighted by Crippen LogP contribution is 2.23. The molecular weight excluding hydrogens is 388 g/mol. The Bertz CT molecular complexity index is 908. The molecule has 1 aromatic carbocycles. The van der Waals surface area contributed by atoms with Gasteiger partial charge in [0, 0.05) is 18.0 Å². The molecule has 160 valence electrons. The summed E-state index contributed by atoms with van der Waals surface area (Å²) in [4.78, 5) is 36.7. The number of benzene rings is 1. The van der Waals surface area contributed by atoms with Crippen molar-refractivity contribution in [2.75, 3.05) is 7.11 Å². The molecule has 1 aliphatic carbocycles. The molecule has 30 heavy (non-hydrogen) atoms. The fourth-order valence-corrected chi connectivity index (χ4v) is 3.53. The second-order valence-corrected chi connectivity index (χ2v) is 7.50. The molecule has 0 saturated heterocycles. The first-order chi connectivity index (χ1) is 14.4. The van der Waals surface area contributed by atoms with Crippen molar-refractivity contribution < 1.29 is 24.2 Å². The van der Waals surface area contributed by atoms with E-state index in [1.54, 1.807) is 44.5 Å². The summed E-state index contributed by atoms with van der Waals surface area (Å²) >= 11 is 0. The molecule has 2 aromatic rings. The molecule has 3 atom stereocenters. The van der Waals surface area contributed by atoms with Gasteiger partial charge in [-0.15, -0.1) is 0 Å². The van der Waals surface area contributed by atoms with E-state index in [1.165, 1.54) is 0 Å². The zero-order valence-corrected chi connectivity index (χ0v) is 17.0. The van der Waals surface area contributed by atoms with Gasteiger partial charge < -0.3 is 20.5 Å². The number of fused-ring (bicyclic) bond motifs is 1. The molecule has 9 nitrogen and oxygen atoms in total. The van der Waals surface area contributed by atoms with Crippen LogP contribution in [0.4, 0.5) is 0 Å². The summed E-state index contributed by atoms with van der Waals surface area (Å²) in [7, 11) is 1.55. The monoisotopic (exact) mass is 414 g/mol. The fraction of sp³-hybridized carbons (Fsp3) is 0.429. The summed E-state index contributed by atoms with van der Waals surface area (Å²) in [5, 5.41) is 21.6. The Morgan fingerprint density at radius 2 is 2.00 bits per heavy atom. The van der Waals surface area contributed by atoms with Crippen LogP contribution in [0.15, 0.2) is 30.5 Å². The predicted molar refractivity (Wildman–Crippen MR) is 108 cm³/mol. The van der Waals surface area contributed by atoms with E-state index in [4.69, 9.17) is 4.74 Å². The van der Waals surface area contributed by atoms with Crippen LogP contribution in [-0.4, -0.2) is 52.3 Å². The topological polar surface area (TPSA) is 133 Å². The summed E-state index contributed by atoms with van der Waals surface area (Å²) in [5.74, 6) is -1.47. The second kappa shape index (κ2) is 9.43. The molecule has 0 aliphatic heterocycles. The van der Waals surface area contributed by atoms with Crippen molar-refractivity contribution in [2.24, 2.45) is 5.92 Å². The number of aromatic nitrogens is 2. The van der Waals surface area contributed by atoms with Gasteiger partial charge in [-0.05, 0) is 49.4 Å². The third-order valence-corrected chi connectivity index (χ3v) is 5.35. The summed E-state index contributed by atoms with van der Waals surface area (Å²) in [6.07, 6.45) is 3.82. The third kappa shape index (κ3) is 5.16. The average Bonchev–Trinajstić information content (AvgIpc) is 3.21. The van der Waals surface area contributed by atoms with Gasteiger partial charge in [0.2, 0.25) is 11.8 Å². The zero-order chi connectivity index (χ0) is 21.7. The number of rotatable bonds is 8. The summed E-state index contributed by atoms with van der Waals surface area (Å²) < 4.78 is 5.09. The lowest BCUT2D eigenvalue weighted by Gasteiger charge is -2.24. The Morgan fingerprint density at radius 1 is 1.27 bits per heavy atom. The van der Waals surface area contributed by atoms with Gasteiger partial charge in [-0.3, -0.25) is 14.7 Å². The van der Waals surface area contributed by atoms with Gasteiger partial charge in [-0.1, -0.05) is 12.1 Å². The lowest BCUT2D eigenvalue weighted by Crippen LogP contribution is -2.52. The molecule has 0 radical (unpaired) electrons. The first kappa shape index (κ1) is 21.4. The summed E-state index contributed by atoms with van der Waals surface area (Å²) in [5.41, 5.74) is 2.81. The summed E-state index contributed by atoms with van der Waals surface area (Å²) in [6, 6.07) is 5.01. The maximum atomic E-state index is 12.6. The molecule has 1 aliphatic rings. The van der Waals surface area contributed by atoms with Crippen LogP contribution >= 0.6 is 0 Å². The normalized spacial score (nSPS) is 17.3. The van der Waals surface area contributed by atoms with Crippen LogP contribution in [-0.2, 0) is 33.6 Å². The van der Waals surface area contributed by atoms with E-state index in [-0.39, 0.29) is 18.2 Å². The van der Waals surface area contributed by atoms with Crippen molar-refractivity contribution in [3.63, 3.8) is 0 Å². The number of aryl methyl sites for hydroxylation is 1. The number of hydrogen-bond acceptors (Lipinski definition) is 5. The van der Waals surface area contributed by atoms with Crippen molar-refractivity contribution in [2.45, 2.75) is 44.7 Å². The van der Waals surface area contributed by atoms with Gasteiger partial charge in [-0.25, -0.2) is 4.79 Å². The zero-order valence-electron chi connectivity index (χ0n) is 17.0. The van der Waals surface area contributed by atoms with E-state index in [0.29, 0.717) is 18.6 Å². The Labute approximate surface area is 174 Å². The molecule has 0 fully saturated rings. The van der Waals surface area contributed by atoms with Crippen LogP contribution in [0, 0.1) is 5.92 Å². The number of aliphatic carboxylic acids is 1. The number of nitrogens with zero attached hydrogens (tertiary/aromatic N) is 1. The molecule has 1 heterocycles. The highest BCUT2D eigenvalue weighted by molar-refractivity contribution is 5.90. The molecule has 1 aromatic heterocycles. The lowest BCUT2D eigenvalue weighted by atomic mass is 9.87. The van der Waals surface area contributed by atoms with Crippen molar-refractivity contribution in [3.8, 4) is 5.75 Å². The van der Waals surface area contributed by atoms with E-state index in [2.05, 4.69) is 20.8 Å². The van der Waals surface area contributed by atoms with E-state index >= 15 is 0 Å². The highest BCUT2D eigenvalue weighted by atomic mass is 16.5. The Morgan fingerprint density at radius 3 is 2.67 bits per heavy atom. The van der Waals surface area contributed by atoms with Gasteiger partial charge >= 0.3 is 5.97 Å². The minimum Gasteiger partial charge on any atom is -0.497 e. The van der Waals surface area contributed by atoms with Crippen molar-refractivity contribution in [1.29, 1.82) is 0 Å². The number of carbonyl (C=O) groups excluding carboxylic acids is 2. The Kier molecular flexibility index (Phi) is 6.71. The quantitative estimate of drug-likeness (QED) is 0.506. The molecule has 0 spiro atoms. The number of nitrogens with one attached hydrogen (secondary N) is 3. The number of aromatic amines is 1. The van der Waals surface area contributed by atoms with Crippen LogP contribution in [0.5, 0.6) is 5.75 Å². The van der Waals surface area contributed by atoms with Gasteiger partial charge in [0.25, 0.3) is 0 Å². The fourth-order valence-electron chi connectivity index (χ4n) is 3.53. The lowest BCUT2D eigenvalue weighted by molar-refractivity contribution is -0.142. The third-order valence-electron chi connectivity index (χ3n) is 5.35. The number of methoxy groups -OCH3 is 1. The van der Waals surface area contributed by atoms with Gasteiger partial charge in [0.05, 0.1) is 13.3 Å². The van der Waals surface area contributed by atoms with Crippen molar-refractivity contribution in [1.82, 2.24) is 20.8 Å². The minimum atomic E-state index is -1.14. The van der Waals surface area contributed by atoms with Crippen molar-refractivity contribution >= 4 is 17.8 Å². The number of ether oxygens (including phenoxy) is 1. The first-order valence-electron chi connectivity index (χ1n) is 9.85. The maximum absolute atomic E-state index is 12.6. The van der Waals surface area contributed by atoms with Crippen LogP contribution in [0.1, 0.15) is 30.2 Å². The van der Waals surface area contributed by atoms with E-state index < -0.39 is 24.0 Å². The maximum Gasteiger partial charge on any atom is 0.326 e. The first-order valence-corrected chi connectivity index (χ1v) is 9.85. The molecule has 0 saturated carbocycles. The smallest absolute Gasteiger partial charge is 0.326 e. The number of H-pyrrole nitrogens is 1. The number of amides is 2. The Balaban J connectivity index is 1.54. The SMILES string of the molecule is COc1ccc(CC(NC(=O)C(C)NC(=O)C2CCc3[nH]ncc3C2)C(=O)O)cc1. The van der Waals surface area contributed by atoms with E-state index in [0.717, 1.165) is 23.2 Å². The molecule has 3 unspecified atom stereocenters. The number of carboxylic acids is 1. The molecule has 9 heteroatoms. The number of hydrogen-bond donors (Lipinski definition) is 4.